The molecule has 5 heteroatoms. The van der Waals surface area contributed by atoms with Crippen LogP contribution >= 0.6 is 0 Å². The van der Waals surface area contributed by atoms with Crippen LogP contribution in [-0.2, 0) is 0 Å². The Morgan fingerprint density at radius 2 is 1.48 bits per heavy atom. The van der Waals surface area contributed by atoms with Crippen LogP contribution in [0.3, 0.4) is 0 Å². The Labute approximate surface area is 169 Å². The van der Waals surface area contributed by atoms with Gasteiger partial charge in [0.05, 0.1) is 20.8 Å². The average molecular weight is 390 g/mol. The molecule has 0 radical (unpaired) electrons. The standard InChI is InChI=1S/C24H22O5/c1-27-20-10-17(11-21(13-20)28-2)23-14-29-24-6-5-15(9-22(23)24)3-4-16-7-18(25)12-19(26)8-16/h3-13,23,25-26H,14H2,1-2H3/b4-3+/t23-/m1/s1. The third kappa shape index (κ3) is 3.99. The van der Waals surface area contributed by atoms with E-state index in [2.05, 4.69) is 6.07 Å². The number of hydrogen-bond donors (Lipinski definition) is 2. The minimum absolute atomic E-state index is 0.0269. The van der Waals surface area contributed by atoms with Gasteiger partial charge in [-0.1, -0.05) is 18.2 Å². The van der Waals surface area contributed by atoms with Crippen molar-refractivity contribution < 1.29 is 24.4 Å². The average Bonchev–Trinajstić information content (AvgIpc) is 3.14. The van der Waals surface area contributed by atoms with Crippen LogP contribution in [0.4, 0.5) is 0 Å². The first kappa shape index (κ1) is 18.7. The summed E-state index contributed by atoms with van der Waals surface area (Å²) in [5.74, 6) is 2.48. The van der Waals surface area contributed by atoms with Gasteiger partial charge in [0.2, 0.25) is 0 Å². The van der Waals surface area contributed by atoms with E-state index in [0.29, 0.717) is 12.2 Å². The number of ether oxygens (including phenoxy) is 3. The van der Waals surface area contributed by atoms with Gasteiger partial charge in [0.1, 0.15) is 28.7 Å². The van der Waals surface area contributed by atoms with Crippen LogP contribution in [0.15, 0.2) is 54.6 Å². The summed E-state index contributed by atoms with van der Waals surface area (Å²) >= 11 is 0. The van der Waals surface area contributed by atoms with Gasteiger partial charge in [-0.05, 0) is 53.1 Å². The molecule has 1 atom stereocenters. The summed E-state index contributed by atoms with van der Waals surface area (Å²) in [5.41, 5.74) is 3.88. The number of aromatic hydroxyl groups is 2. The Morgan fingerprint density at radius 1 is 0.828 bits per heavy atom. The molecule has 0 saturated heterocycles. The molecule has 3 aromatic carbocycles. The highest BCUT2D eigenvalue weighted by atomic mass is 16.5. The molecule has 0 amide bonds. The number of hydrogen-bond acceptors (Lipinski definition) is 5. The van der Waals surface area contributed by atoms with Gasteiger partial charge >= 0.3 is 0 Å². The minimum atomic E-state index is 0.0269. The van der Waals surface area contributed by atoms with Crippen molar-refractivity contribution in [1.29, 1.82) is 0 Å². The Hall–Kier alpha value is -3.60. The van der Waals surface area contributed by atoms with Crippen molar-refractivity contribution in [3.63, 3.8) is 0 Å². The first-order chi connectivity index (χ1) is 14.1. The molecule has 0 aliphatic carbocycles. The fourth-order valence-corrected chi connectivity index (χ4v) is 3.55. The Bertz CT molecular complexity index is 1030. The highest BCUT2D eigenvalue weighted by Crippen LogP contribution is 2.41. The van der Waals surface area contributed by atoms with Gasteiger partial charge in [-0.3, -0.25) is 0 Å². The zero-order valence-electron chi connectivity index (χ0n) is 16.3. The highest BCUT2D eigenvalue weighted by Gasteiger charge is 2.26. The van der Waals surface area contributed by atoms with Crippen molar-refractivity contribution in [3.8, 4) is 28.7 Å². The quantitative estimate of drug-likeness (QED) is 0.612. The van der Waals surface area contributed by atoms with Crippen LogP contribution in [0, 0.1) is 0 Å². The van der Waals surface area contributed by atoms with Gasteiger partial charge in [0.15, 0.2) is 0 Å². The molecule has 148 valence electrons. The van der Waals surface area contributed by atoms with Gasteiger partial charge in [-0.2, -0.15) is 0 Å². The number of phenols is 2. The van der Waals surface area contributed by atoms with Crippen molar-refractivity contribution in [2.75, 3.05) is 20.8 Å². The van der Waals surface area contributed by atoms with Gasteiger partial charge in [-0.25, -0.2) is 0 Å². The van der Waals surface area contributed by atoms with Crippen LogP contribution in [0.1, 0.15) is 28.2 Å². The van der Waals surface area contributed by atoms with Gasteiger partial charge in [0.25, 0.3) is 0 Å². The molecule has 4 rings (SSSR count). The summed E-state index contributed by atoms with van der Waals surface area (Å²) in [6.07, 6.45) is 3.79. The van der Waals surface area contributed by atoms with Crippen LogP contribution in [0.2, 0.25) is 0 Å². The highest BCUT2D eigenvalue weighted by molar-refractivity contribution is 5.72. The molecule has 29 heavy (non-hydrogen) atoms. The molecule has 0 fully saturated rings. The summed E-state index contributed by atoms with van der Waals surface area (Å²) in [6.45, 7) is 0.555. The van der Waals surface area contributed by atoms with Crippen molar-refractivity contribution in [2.45, 2.75) is 5.92 Å². The third-order valence-corrected chi connectivity index (χ3v) is 4.98. The topological polar surface area (TPSA) is 68.2 Å². The predicted octanol–water partition coefficient (Wildman–Crippen LogP) is 4.81. The molecule has 0 bridgehead atoms. The second-order valence-corrected chi connectivity index (χ2v) is 6.92. The molecule has 1 heterocycles. The predicted molar refractivity (Wildman–Crippen MR) is 112 cm³/mol. The summed E-state index contributed by atoms with van der Waals surface area (Å²) in [4.78, 5) is 0. The molecule has 1 aliphatic rings. The smallest absolute Gasteiger partial charge is 0.123 e. The molecule has 3 aromatic rings. The third-order valence-electron chi connectivity index (χ3n) is 4.98. The van der Waals surface area contributed by atoms with Crippen LogP contribution in [0.25, 0.3) is 12.2 Å². The molecule has 0 aromatic heterocycles. The SMILES string of the molecule is COc1cc(OC)cc([C@H]2COc3ccc(/C=C/c4cc(O)cc(O)c4)cc32)c1. The van der Waals surface area contributed by atoms with E-state index in [1.807, 2.05) is 42.5 Å². The second-order valence-electron chi connectivity index (χ2n) is 6.92. The molecule has 1 aliphatic heterocycles. The van der Waals surface area contributed by atoms with E-state index in [4.69, 9.17) is 14.2 Å². The fourth-order valence-electron chi connectivity index (χ4n) is 3.55. The first-order valence-electron chi connectivity index (χ1n) is 9.26. The van der Waals surface area contributed by atoms with Crippen molar-refractivity contribution >= 4 is 12.2 Å². The number of phenolic OH excluding ortho intramolecular Hbond substituents is 2. The van der Waals surface area contributed by atoms with Crippen molar-refractivity contribution in [2.24, 2.45) is 0 Å². The van der Waals surface area contributed by atoms with Gasteiger partial charge in [0, 0.05) is 23.6 Å². The number of benzene rings is 3. The van der Waals surface area contributed by atoms with Crippen LogP contribution in [-0.4, -0.2) is 31.0 Å². The van der Waals surface area contributed by atoms with Crippen molar-refractivity contribution in [1.82, 2.24) is 0 Å². The lowest BCUT2D eigenvalue weighted by molar-refractivity contribution is 0.342. The molecule has 2 N–H and O–H groups in total. The Kier molecular flexibility index (Phi) is 5.04. The summed E-state index contributed by atoms with van der Waals surface area (Å²) < 4.78 is 16.7. The maximum atomic E-state index is 9.63. The zero-order valence-corrected chi connectivity index (χ0v) is 16.3. The normalized spacial score (nSPS) is 15.2. The van der Waals surface area contributed by atoms with E-state index in [9.17, 15) is 10.2 Å². The lowest BCUT2D eigenvalue weighted by Crippen LogP contribution is -2.03. The maximum Gasteiger partial charge on any atom is 0.123 e. The lowest BCUT2D eigenvalue weighted by atomic mass is 9.91. The molecule has 5 nitrogen and oxygen atoms in total. The van der Waals surface area contributed by atoms with Gasteiger partial charge in [-0.15, -0.1) is 0 Å². The largest absolute Gasteiger partial charge is 0.508 e. The van der Waals surface area contributed by atoms with Crippen LogP contribution < -0.4 is 14.2 Å². The van der Waals surface area contributed by atoms with E-state index < -0.39 is 0 Å². The number of rotatable bonds is 5. The number of fused-ring (bicyclic) bond motifs is 1. The molecule has 0 unspecified atom stereocenters. The Morgan fingerprint density at radius 3 is 2.14 bits per heavy atom. The fraction of sp³-hybridized carbons (Fsp3) is 0.167. The van der Waals surface area contributed by atoms with Gasteiger partial charge < -0.3 is 24.4 Å². The van der Waals surface area contributed by atoms with Crippen molar-refractivity contribution in [3.05, 3.63) is 76.9 Å². The summed E-state index contributed by atoms with van der Waals surface area (Å²) in [5, 5.41) is 19.3. The van der Waals surface area contributed by atoms with E-state index >= 15 is 0 Å². The molecular formula is C24H22O5. The van der Waals surface area contributed by atoms with Crippen LogP contribution in [0.5, 0.6) is 28.7 Å². The van der Waals surface area contributed by atoms with E-state index in [1.165, 1.54) is 6.07 Å². The molecule has 0 spiro atoms. The van der Waals surface area contributed by atoms with E-state index in [1.54, 1.807) is 26.4 Å². The first-order valence-corrected chi connectivity index (χ1v) is 9.26. The molecule has 0 saturated carbocycles. The maximum absolute atomic E-state index is 9.63. The molecular weight excluding hydrogens is 368 g/mol. The van der Waals surface area contributed by atoms with E-state index in [0.717, 1.165) is 33.9 Å². The second kappa shape index (κ2) is 7.80. The zero-order chi connectivity index (χ0) is 20.4. The van der Waals surface area contributed by atoms with E-state index in [-0.39, 0.29) is 17.4 Å². The lowest BCUT2D eigenvalue weighted by Gasteiger charge is -2.13. The number of methoxy groups -OCH3 is 2. The summed E-state index contributed by atoms with van der Waals surface area (Å²) in [6, 6.07) is 16.4. The minimum Gasteiger partial charge on any atom is -0.508 e. The summed E-state index contributed by atoms with van der Waals surface area (Å²) in [7, 11) is 3.28. The monoisotopic (exact) mass is 390 g/mol. The Balaban J connectivity index is 1.66.